The van der Waals surface area contributed by atoms with Crippen LogP contribution >= 0.6 is 15.9 Å². The summed E-state index contributed by atoms with van der Waals surface area (Å²) in [5.41, 5.74) is 2.26. The van der Waals surface area contributed by atoms with Crippen LogP contribution in [0.2, 0.25) is 0 Å². The smallest absolute Gasteiger partial charge is 0.244 e. The summed E-state index contributed by atoms with van der Waals surface area (Å²) in [5, 5.41) is 2.87. The van der Waals surface area contributed by atoms with Crippen molar-refractivity contribution in [2.24, 2.45) is 5.92 Å². The Morgan fingerprint density at radius 2 is 1.73 bits per heavy atom. The Balaban J connectivity index is 2.36. The highest BCUT2D eigenvalue weighted by atomic mass is 79.9. The average molecular weight is 539 g/mol. The third-order valence-electron chi connectivity index (χ3n) is 5.06. The summed E-state index contributed by atoms with van der Waals surface area (Å²) in [4.78, 5) is 27.7. The van der Waals surface area contributed by atoms with Crippen LogP contribution in [0.4, 0.5) is 5.69 Å². The maximum absolute atomic E-state index is 13.5. The van der Waals surface area contributed by atoms with E-state index in [-0.39, 0.29) is 18.4 Å². The van der Waals surface area contributed by atoms with Gasteiger partial charge in [0.15, 0.2) is 0 Å². The van der Waals surface area contributed by atoms with Gasteiger partial charge >= 0.3 is 0 Å². The number of anilines is 1. The van der Waals surface area contributed by atoms with E-state index in [1.54, 1.807) is 31.2 Å². The van der Waals surface area contributed by atoms with E-state index in [1.807, 2.05) is 45.0 Å². The highest BCUT2D eigenvalue weighted by Gasteiger charge is 2.30. The van der Waals surface area contributed by atoms with Gasteiger partial charge in [-0.1, -0.05) is 65.7 Å². The van der Waals surface area contributed by atoms with E-state index < -0.39 is 28.5 Å². The second kappa shape index (κ2) is 11.7. The summed E-state index contributed by atoms with van der Waals surface area (Å²) in [6, 6.07) is 13.6. The molecule has 9 heteroatoms. The van der Waals surface area contributed by atoms with Gasteiger partial charge in [0.05, 0.1) is 11.9 Å². The van der Waals surface area contributed by atoms with Crippen LogP contribution in [0.5, 0.6) is 0 Å². The standard InChI is InChI=1S/C24H32BrN3O4S/c1-17(2)14-26-24(30)19(4)27(15-20-9-6-8-18(3)12-20)23(29)16-28(33(5,31)32)22-11-7-10-21(25)13-22/h6-13,17,19H,14-16H2,1-5H3,(H,26,30)/t19-/m0/s1. The molecule has 0 fully saturated rings. The molecular weight excluding hydrogens is 506 g/mol. The first kappa shape index (κ1) is 26.9. The molecule has 0 aliphatic carbocycles. The summed E-state index contributed by atoms with van der Waals surface area (Å²) in [5.74, 6) is -0.480. The molecule has 0 heterocycles. The molecule has 0 aliphatic rings. The molecule has 0 spiro atoms. The third kappa shape index (κ3) is 8.16. The number of carbonyl (C=O) groups is 2. The minimum absolute atomic E-state index is 0.187. The molecule has 0 aromatic heterocycles. The van der Waals surface area contributed by atoms with E-state index in [4.69, 9.17) is 0 Å². The predicted molar refractivity (Wildman–Crippen MR) is 135 cm³/mol. The number of rotatable bonds is 10. The molecule has 2 amide bonds. The molecule has 2 aromatic carbocycles. The van der Waals surface area contributed by atoms with E-state index >= 15 is 0 Å². The van der Waals surface area contributed by atoms with Crippen molar-refractivity contribution in [3.63, 3.8) is 0 Å². The van der Waals surface area contributed by atoms with E-state index in [2.05, 4.69) is 21.2 Å². The van der Waals surface area contributed by atoms with E-state index in [1.165, 1.54) is 4.90 Å². The number of aryl methyl sites for hydroxylation is 1. The molecule has 1 N–H and O–H groups in total. The van der Waals surface area contributed by atoms with Crippen LogP contribution in [0.3, 0.4) is 0 Å². The monoisotopic (exact) mass is 537 g/mol. The van der Waals surface area contributed by atoms with Crippen molar-refractivity contribution >= 4 is 43.5 Å². The molecule has 1 atom stereocenters. The average Bonchev–Trinajstić information content (AvgIpc) is 2.72. The predicted octanol–water partition coefficient (Wildman–Crippen LogP) is 3.71. The molecule has 0 saturated heterocycles. The van der Waals surface area contributed by atoms with E-state index in [9.17, 15) is 18.0 Å². The van der Waals surface area contributed by atoms with Crippen molar-refractivity contribution in [1.82, 2.24) is 10.2 Å². The van der Waals surface area contributed by atoms with Crippen LogP contribution in [-0.4, -0.2) is 50.5 Å². The normalized spacial score (nSPS) is 12.3. The van der Waals surface area contributed by atoms with Crippen LogP contribution in [-0.2, 0) is 26.2 Å². The largest absolute Gasteiger partial charge is 0.354 e. The number of halogens is 1. The molecular formula is C24H32BrN3O4S. The van der Waals surface area contributed by atoms with Gasteiger partial charge in [-0.25, -0.2) is 8.42 Å². The minimum atomic E-state index is -3.75. The topological polar surface area (TPSA) is 86.8 Å². The van der Waals surface area contributed by atoms with Gasteiger partial charge in [0.1, 0.15) is 12.6 Å². The van der Waals surface area contributed by atoms with Crippen LogP contribution in [0.25, 0.3) is 0 Å². The zero-order chi connectivity index (χ0) is 24.8. The van der Waals surface area contributed by atoms with Crippen molar-refractivity contribution < 1.29 is 18.0 Å². The fourth-order valence-electron chi connectivity index (χ4n) is 3.29. The zero-order valence-corrected chi connectivity index (χ0v) is 22.1. The van der Waals surface area contributed by atoms with Crippen molar-refractivity contribution in [3.05, 3.63) is 64.1 Å². The van der Waals surface area contributed by atoms with Gasteiger partial charge < -0.3 is 10.2 Å². The lowest BCUT2D eigenvalue weighted by molar-refractivity contribution is -0.139. The maximum atomic E-state index is 13.5. The number of carbonyl (C=O) groups excluding carboxylic acids is 2. The Bertz CT molecular complexity index is 1090. The fraction of sp³-hybridized carbons (Fsp3) is 0.417. The first-order valence-corrected chi connectivity index (χ1v) is 13.4. The summed E-state index contributed by atoms with van der Waals surface area (Å²) in [6.07, 6.45) is 1.06. The number of nitrogens with zero attached hydrogens (tertiary/aromatic N) is 2. The summed E-state index contributed by atoms with van der Waals surface area (Å²) in [6.45, 7) is 7.85. The Labute approximate surface area is 205 Å². The molecule has 0 saturated carbocycles. The highest BCUT2D eigenvalue weighted by molar-refractivity contribution is 9.10. The second-order valence-electron chi connectivity index (χ2n) is 8.58. The van der Waals surface area contributed by atoms with Gasteiger partial charge in [-0.2, -0.15) is 0 Å². The maximum Gasteiger partial charge on any atom is 0.244 e. The second-order valence-corrected chi connectivity index (χ2v) is 11.4. The molecule has 0 unspecified atom stereocenters. The molecule has 2 rings (SSSR count). The van der Waals surface area contributed by atoms with Gasteiger partial charge in [-0.05, 0) is 43.5 Å². The van der Waals surface area contributed by atoms with Gasteiger partial charge in [-0.15, -0.1) is 0 Å². The Morgan fingerprint density at radius 1 is 1.06 bits per heavy atom. The number of amides is 2. The summed E-state index contributed by atoms with van der Waals surface area (Å²) in [7, 11) is -3.75. The van der Waals surface area contributed by atoms with Crippen LogP contribution in [0, 0.1) is 12.8 Å². The Morgan fingerprint density at radius 3 is 2.30 bits per heavy atom. The fourth-order valence-corrected chi connectivity index (χ4v) is 4.52. The summed E-state index contributed by atoms with van der Waals surface area (Å²) < 4.78 is 26.8. The molecule has 0 bridgehead atoms. The number of hydrogen-bond donors (Lipinski definition) is 1. The lowest BCUT2D eigenvalue weighted by atomic mass is 10.1. The van der Waals surface area contributed by atoms with Crippen LogP contribution in [0.1, 0.15) is 31.9 Å². The Hall–Kier alpha value is -2.39. The zero-order valence-electron chi connectivity index (χ0n) is 19.7. The first-order chi connectivity index (χ1) is 15.4. The van der Waals surface area contributed by atoms with Gasteiger partial charge in [0.25, 0.3) is 0 Å². The van der Waals surface area contributed by atoms with E-state index in [0.717, 1.165) is 21.7 Å². The summed E-state index contributed by atoms with van der Waals surface area (Å²) >= 11 is 3.34. The molecule has 33 heavy (non-hydrogen) atoms. The minimum Gasteiger partial charge on any atom is -0.354 e. The Kier molecular flexibility index (Phi) is 9.48. The number of benzene rings is 2. The number of nitrogens with one attached hydrogen (secondary N) is 1. The lowest BCUT2D eigenvalue weighted by Gasteiger charge is -2.31. The third-order valence-corrected chi connectivity index (χ3v) is 6.70. The van der Waals surface area contributed by atoms with Crippen molar-refractivity contribution in [2.75, 3.05) is 23.7 Å². The van der Waals surface area contributed by atoms with Crippen molar-refractivity contribution in [3.8, 4) is 0 Å². The number of sulfonamides is 1. The first-order valence-electron chi connectivity index (χ1n) is 10.7. The van der Waals surface area contributed by atoms with Crippen molar-refractivity contribution in [2.45, 2.75) is 40.3 Å². The van der Waals surface area contributed by atoms with Gasteiger partial charge in [0, 0.05) is 17.6 Å². The van der Waals surface area contributed by atoms with Gasteiger partial charge in [0.2, 0.25) is 21.8 Å². The highest BCUT2D eigenvalue weighted by Crippen LogP contribution is 2.23. The lowest BCUT2D eigenvalue weighted by Crippen LogP contribution is -2.51. The molecule has 7 nitrogen and oxygen atoms in total. The SMILES string of the molecule is Cc1cccc(CN(C(=O)CN(c2cccc(Br)c2)S(C)(=O)=O)[C@@H](C)C(=O)NCC(C)C)c1. The van der Waals surface area contributed by atoms with Crippen LogP contribution in [0.15, 0.2) is 53.0 Å². The molecule has 2 aromatic rings. The van der Waals surface area contributed by atoms with Crippen LogP contribution < -0.4 is 9.62 Å². The molecule has 0 radical (unpaired) electrons. The number of hydrogen-bond acceptors (Lipinski definition) is 4. The van der Waals surface area contributed by atoms with E-state index in [0.29, 0.717) is 16.7 Å². The molecule has 0 aliphatic heterocycles. The molecule has 180 valence electrons. The quantitative estimate of drug-likeness (QED) is 0.500. The van der Waals surface area contributed by atoms with Gasteiger partial charge in [-0.3, -0.25) is 13.9 Å². The van der Waals surface area contributed by atoms with Crippen molar-refractivity contribution in [1.29, 1.82) is 0 Å².